The van der Waals surface area contributed by atoms with Crippen LogP contribution in [0.25, 0.3) is 0 Å². The maximum Gasteiger partial charge on any atom is 0.229 e. The molecule has 0 aliphatic carbocycles. The fourth-order valence-electron chi connectivity index (χ4n) is 1.84. The van der Waals surface area contributed by atoms with Gasteiger partial charge in [0.1, 0.15) is 5.82 Å². The van der Waals surface area contributed by atoms with Crippen LogP contribution in [-0.4, -0.2) is 16.5 Å². The standard InChI is InChI=1S/C16H20N4/c1-4-10-17-15-11-12(3)18-16(20-15)19-14-8-6-13(5-2)7-9-14/h4,6-9,11H,1,5,10H2,2-3H3,(H2,17,18,19,20). The highest BCUT2D eigenvalue weighted by Gasteiger charge is 2.02. The summed E-state index contributed by atoms with van der Waals surface area (Å²) in [7, 11) is 0. The molecule has 0 amide bonds. The molecule has 0 aliphatic heterocycles. The Hall–Kier alpha value is -2.36. The zero-order valence-electron chi connectivity index (χ0n) is 12.0. The number of anilines is 3. The van der Waals surface area contributed by atoms with Crippen molar-refractivity contribution < 1.29 is 0 Å². The van der Waals surface area contributed by atoms with Crippen molar-refractivity contribution in [3.8, 4) is 0 Å². The molecule has 20 heavy (non-hydrogen) atoms. The average Bonchev–Trinajstić information content (AvgIpc) is 2.45. The summed E-state index contributed by atoms with van der Waals surface area (Å²) in [5.41, 5.74) is 3.22. The van der Waals surface area contributed by atoms with E-state index in [1.165, 1.54) is 5.56 Å². The third-order valence-corrected chi connectivity index (χ3v) is 2.90. The van der Waals surface area contributed by atoms with E-state index in [9.17, 15) is 0 Å². The maximum atomic E-state index is 4.43. The van der Waals surface area contributed by atoms with Crippen LogP contribution in [0.5, 0.6) is 0 Å². The van der Waals surface area contributed by atoms with Gasteiger partial charge in [-0.2, -0.15) is 4.98 Å². The Kier molecular flexibility index (Phi) is 4.71. The third-order valence-electron chi connectivity index (χ3n) is 2.90. The Labute approximate surface area is 120 Å². The number of aryl methyl sites for hydroxylation is 2. The van der Waals surface area contributed by atoms with Gasteiger partial charge in [0, 0.05) is 24.0 Å². The SMILES string of the molecule is C=CCNc1cc(C)nc(Nc2ccc(CC)cc2)n1. The Morgan fingerprint density at radius 2 is 1.95 bits per heavy atom. The van der Waals surface area contributed by atoms with Gasteiger partial charge in [-0.25, -0.2) is 4.98 Å². The summed E-state index contributed by atoms with van der Waals surface area (Å²) < 4.78 is 0. The predicted octanol–water partition coefficient (Wildman–Crippen LogP) is 3.69. The molecule has 4 heteroatoms. The van der Waals surface area contributed by atoms with Crippen LogP contribution in [0.1, 0.15) is 18.2 Å². The number of hydrogen-bond donors (Lipinski definition) is 2. The van der Waals surface area contributed by atoms with Crippen molar-refractivity contribution in [2.75, 3.05) is 17.2 Å². The number of nitrogens with one attached hydrogen (secondary N) is 2. The second-order valence-electron chi connectivity index (χ2n) is 4.56. The van der Waals surface area contributed by atoms with Crippen molar-refractivity contribution in [3.05, 3.63) is 54.2 Å². The predicted molar refractivity (Wildman–Crippen MR) is 84.6 cm³/mol. The van der Waals surface area contributed by atoms with E-state index in [2.05, 4.69) is 46.2 Å². The van der Waals surface area contributed by atoms with Crippen LogP contribution < -0.4 is 10.6 Å². The first kappa shape index (κ1) is 14.1. The molecular formula is C16H20N4. The van der Waals surface area contributed by atoms with Gasteiger partial charge in [-0.1, -0.05) is 25.1 Å². The highest BCUT2D eigenvalue weighted by Crippen LogP contribution is 2.16. The second kappa shape index (κ2) is 6.70. The molecule has 2 N–H and O–H groups in total. The number of benzene rings is 1. The number of rotatable bonds is 6. The molecule has 0 aliphatic rings. The molecule has 4 nitrogen and oxygen atoms in total. The second-order valence-corrected chi connectivity index (χ2v) is 4.56. The Balaban J connectivity index is 2.14. The van der Waals surface area contributed by atoms with Crippen molar-refractivity contribution in [1.82, 2.24) is 9.97 Å². The van der Waals surface area contributed by atoms with Gasteiger partial charge in [0.15, 0.2) is 0 Å². The zero-order valence-corrected chi connectivity index (χ0v) is 12.0. The molecular weight excluding hydrogens is 248 g/mol. The largest absolute Gasteiger partial charge is 0.366 e. The topological polar surface area (TPSA) is 49.8 Å². The van der Waals surface area contributed by atoms with Crippen LogP contribution in [0, 0.1) is 6.92 Å². The third kappa shape index (κ3) is 3.82. The quantitative estimate of drug-likeness (QED) is 0.784. The number of hydrogen-bond acceptors (Lipinski definition) is 4. The van der Waals surface area contributed by atoms with E-state index >= 15 is 0 Å². The van der Waals surface area contributed by atoms with Crippen molar-refractivity contribution in [3.63, 3.8) is 0 Å². The van der Waals surface area contributed by atoms with Crippen LogP contribution in [0.15, 0.2) is 43.0 Å². The molecule has 1 heterocycles. The zero-order chi connectivity index (χ0) is 14.4. The van der Waals surface area contributed by atoms with Crippen LogP contribution >= 0.6 is 0 Å². The van der Waals surface area contributed by atoms with E-state index in [0.29, 0.717) is 12.5 Å². The number of aromatic nitrogens is 2. The van der Waals surface area contributed by atoms with Gasteiger partial charge in [0.2, 0.25) is 5.95 Å². The molecule has 0 saturated carbocycles. The molecule has 1 aromatic carbocycles. The molecule has 104 valence electrons. The lowest BCUT2D eigenvalue weighted by Gasteiger charge is -2.09. The van der Waals surface area contributed by atoms with Gasteiger partial charge >= 0.3 is 0 Å². The van der Waals surface area contributed by atoms with Gasteiger partial charge in [-0.05, 0) is 31.0 Å². The van der Waals surface area contributed by atoms with Crippen LogP contribution in [-0.2, 0) is 6.42 Å². The molecule has 0 bridgehead atoms. The van der Waals surface area contributed by atoms with Gasteiger partial charge in [0.25, 0.3) is 0 Å². The van der Waals surface area contributed by atoms with Crippen LogP contribution in [0.2, 0.25) is 0 Å². The lowest BCUT2D eigenvalue weighted by molar-refractivity contribution is 1.09. The first-order chi connectivity index (χ1) is 9.71. The molecule has 0 radical (unpaired) electrons. The van der Waals surface area contributed by atoms with Crippen molar-refractivity contribution in [2.24, 2.45) is 0 Å². The summed E-state index contributed by atoms with van der Waals surface area (Å²) in [6.07, 6.45) is 2.84. The maximum absolute atomic E-state index is 4.43. The summed E-state index contributed by atoms with van der Waals surface area (Å²) in [5.74, 6) is 1.39. The molecule has 2 rings (SSSR count). The summed E-state index contributed by atoms with van der Waals surface area (Å²) in [4.78, 5) is 8.82. The van der Waals surface area contributed by atoms with E-state index < -0.39 is 0 Å². The molecule has 1 aromatic heterocycles. The fourth-order valence-corrected chi connectivity index (χ4v) is 1.84. The van der Waals surface area contributed by atoms with Crippen molar-refractivity contribution in [2.45, 2.75) is 20.3 Å². The molecule has 0 saturated heterocycles. The normalized spacial score (nSPS) is 10.1. The van der Waals surface area contributed by atoms with Crippen molar-refractivity contribution in [1.29, 1.82) is 0 Å². The molecule has 0 fully saturated rings. The molecule has 0 spiro atoms. The molecule has 2 aromatic rings. The Morgan fingerprint density at radius 3 is 2.60 bits per heavy atom. The first-order valence-corrected chi connectivity index (χ1v) is 6.77. The minimum Gasteiger partial charge on any atom is -0.366 e. The smallest absolute Gasteiger partial charge is 0.229 e. The summed E-state index contributed by atoms with van der Waals surface area (Å²) >= 11 is 0. The van der Waals surface area contributed by atoms with Gasteiger partial charge < -0.3 is 10.6 Å². The van der Waals surface area contributed by atoms with Crippen molar-refractivity contribution >= 4 is 17.5 Å². The first-order valence-electron chi connectivity index (χ1n) is 6.77. The van der Waals surface area contributed by atoms with E-state index in [1.54, 1.807) is 6.08 Å². The van der Waals surface area contributed by atoms with E-state index in [-0.39, 0.29) is 0 Å². The highest BCUT2D eigenvalue weighted by molar-refractivity contribution is 5.55. The Bertz CT molecular complexity index is 576. The lowest BCUT2D eigenvalue weighted by Crippen LogP contribution is -2.05. The van der Waals surface area contributed by atoms with E-state index in [4.69, 9.17) is 0 Å². The highest BCUT2D eigenvalue weighted by atomic mass is 15.1. The van der Waals surface area contributed by atoms with E-state index in [0.717, 1.165) is 23.6 Å². The summed E-state index contributed by atoms with van der Waals surface area (Å²) in [6.45, 7) is 8.46. The van der Waals surface area contributed by atoms with E-state index in [1.807, 2.05) is 25.1 Å². The molecule has 0 atom stereocenters. The van der Waals surface area contributed by atoms with Gasteiger partial charge in [-0.3, -0.25) is 0 Å². The summed E-state index contributed by atoms with van der Waals surface area (Å²) in [5, 5.41) is 6.40. The van der Waals surface area contributed by atoms with Gasteiger partial charge in [-0.15, -0.1) is 6.58 Å². The lowest BCUT2D eigenvalue weighted by atomic mass is 10.1. The minimum absolute atomic E-state index is 0.598. The fraction of sp³-hybridized carbons (Fsp3) is 0.250. The van der Waals surface area contributed by atoms with Crippen LogP contribution in [0.3, 0.4) is 0 Å². The summed E-state index contributed by atoms with van der Waals surface area (Å²) in [6, 6.07) is 10.2. The Morgan fingerprint density at radius 1 is 1.20 bits per heavy atom. The minimum atomic E-state index is 0.598. The average molecular weight is 268 g/mol. The molecule has 0 unspecified atom stereocenters. The number of nitrogens with zero attached hydrogens (tertiary/aromatic N) is 2. The monoisotopic (exact) mass is 268 g/mol. The van der Waals surface area contributed by atoms with Crippen LogP contribution in [0.4, 0.5) is 17.5 Å². The van der Waals surface area contributed by atoms with Gasteiger partial charge in [0.05, 0.1) is 0 Å².